The Morgan fingerprint density at radius 1 is 1.08 bits per heavy atom. The van der Waals surface area contributed by atoms with Crippen LogP contribution < -0.4 is 5.48 Å². The van der Waals surface area contributed by atoms with Gasteiger partial charge in [0.2, 0.25) is 5.91 Å². The normalized spacial score (nSPS) is 13.6. The number of hydrogen-bond donors (Lipinski definition) is 4. The van der Waals surface area contributed by atoms with E-state index in [4.69, 9.17) is 17.8 Å². The SMILES string of the molecule is CC(C)(C)c1cc(C(S)CCCCC(=O)NO)cc(C(C)(C)C)c1O. The largest absolute Gasteiger partial charge is 0.507 e. The molecule has 0 saturated carbocycles. The van der Waals surface area contributed by atoms with Crippen LogP contribution in [0.5, 0.6) is 5.75 Å². The number of rotatable bonds is 6. The Hall–Kier alpha value is -1.20. The molecule has 1 aromatic rings. The minimum absolute atomic E-state index is 0.0417. The molecule has 1 atom stereocenters. The Balaban J connectivity index is 3.04. The molecule has 1 rings (SSSR count). The van der Waals surface area contributed by atoms with Gasteiger partial charge in [-0.1, -0.05) is 60.1 Å². The van der Waals surface area contributed by atoms with E-state index in [1.165, 1.54) is 0 Å². The Bertz CT molecular complexity index is 565. The molecule has 4 nitrogen and oxygen atoms in total. The summed E-state index contributed by atoms with van der Waals surface area (Å²) in [7, 11) is 0. The van der Waals surface area contributed by atoms with Crippen molar-refractivity contribution in [2.24, 2.45) is 0 Å². The van der Waals surface area contributed by atoms with Gasteiger partial charge in [-0.2, -0.15) is 12.6 Å². The number of phenols is 1. The van der Waals surface area contributed by atoms with E-state index in [9.17, 15) is 9.90 Å². The van der Waals surface area contributed by atoms with Gasteiger partial charge in [0, 0.05) is 11.7 Å². The van der Waals surface area contributed by atoms with E-state index in [1.807, 2.05) is 0 Å². The number of carbonyl (C=O) groups is 1. The second-order valence-corrected chi connectivity index (χ2v) is 9.38. The van der Waals surface area contributed by atoms with E-state index in [2.05, 4.69) is 53.7 Å². The van der Waals surface area contributed by atoms with Crippen LogP contribution in [0.1, 0.15) is 89.2 Å². The average molecular weight is 368 g/mol. The van der Waals surface area contributed by atoms with Crippen LogP contribution >= 0.6 is 12.6 Å². The summed E-state index contributed by atoms with van der Waals surface area (Å²) in [4.78, 5) is 11.1. The summed E-state index contributed by atoms with van der Waals surface area (Å²) in [6, 6.07) is 4.12. The topological polar surface area (TPSA) is 69.6 Å². The fourth-order valence-corrected chi connectivity index (χ4v) is 3.17. The minimum Gasteiger partial charge on any atom is -0.507 e. The van der Waals surface area contributed by atoms with E-state index >= 15 is 0 Å². The van der Waals surface area contributed by atoms with Crippen LogP contribution in [-0.2, 0) is 15.6 Å². The summed E-state index contributed by atoms with van der Waals surface area (Å²) in [5, 5.41) is 19.3. The third-order valence-corrected chi connectivity index (χ3v) is 4.95. The molecule has 0 spiro atoms. The Morgan fingerprint density at radius 3 is 1.96 bits per heavy atom. The van der Waals surface area contributed by atoms with Crippen molar-refractivity contribution in [2.75, 3.05) is 0 Å². The lowest BCUT2D eigenvalue weighted by molar-refractivity contribution is -0.129. The highest BCUT2D eigenvalue weighted by atomic mass is 32.1. The molecule has 0 saturated heterocycles. The van der Waals surface area contributed by atoms with Crippen LogP contribution in [0.4, 0.5) is 0 Å². The van der Waals surface area contributed by atoms with Crippen molar-refractivity contribution < 1.29 is 15.1 Å². The van der Waals surface area contributed by atoms with Crippen molar-refractivity contribution in [3.05, 3.63) is 28.8 Å². The van der Waals surface area contributed by atoms with E-state index < -0.39 is 0 Å². The number of hydrogen-bond acceptors (Lipinski definition) is 4. The minimum atomic E-state index is -0.356. The molecule has 0 bridgehead atoms. The Labute approximate surface area is 157 Å². The maximum atomic E-state index is 11.1. The van der Waals surface area contributed by atoms with E-state index in [0.717, 1.165) is 29.5 Å². The highest BCUT2D eigenvalue weighted by Crippen LogP contribution is 2.42. The van der Waals surface area contributed by atoms with Crippen LogP contribution in [0.3, 0.4) is 0 Å². The smallest absolute Gasteiger partial charge is 0.243 e. The summed E-state index contributed by atoms with van der Waals surface area (Å²) < 4.78 is 0. The maximum absolute atomic E-state index is 11.1. The molecule has 0 fully saturated rings. The number of unbranched alkanes of at least 4 members (excludes halogenated alkanes) is 1. The van der Waals surface area contributed by atoms with E-state index in [1.54, 1.807) is 5.48 Å². The molecule has 25 heavy (non-hydrogen) atoms. The van der Waals surface area contributed by atoms with Crippen molar-refractivity contribution in [1.82, 2.24) is 5.48 Å². The summed E-state index contributed by atoms with van der Waals surface area (Å²) in [6.07, 6.45) is 2.70. The number of aromatic hydroxyl groups is 1. The Kier molecular flexibility index (Phi) is 7.39. The molecule has 0 aromatic heterocycles. The van der Waals surface area contributed by atoms with Gasteiger partial charge in [-0.3, -0.25) is 10.0 Å². The predicted octanol–water partition coefficient (Wildman–Crippen LogP) is 5.02. The van der Waals surface area contributed by atoms with Gasteiger partial charge >= 0.3 is 0 Å². The van der Waals surface area contributed by atoms with Crippen LogP contribution in [0.2, 0.25) is 0 Å². The van der Waals surface area contributed by atoms with Crippen molar-refractivity contribution in [3.8, 4) is 5.75 Å². The summed E-state index contributed by atoms with van der Waals surface area (Å²) in [6.45, 7) is 12.6. The van der Waals surface area contributed by atoms with Gasteiger partial charge in [0.15, 0.2) is 0 Å². The number of amides is 1. The molecule has 3 N–H and O–H groups in total. The zero-order chi connectivity index (χ0) is 19.4. The van der Waals surface area contributed by atoms with Gasteiger partial charge in [0.05, 0.1) is 0 Å². The van der Waals surface area contributed by atoms with Crippen molar-refractivity contribution in [3.63, 3.8) is 0 Å². The molecule has 0 aliphatic heterocycles. The second kappa shape index (κ2) is 8.45. The molecule has 1 amide bonds. The highest BCUT2D eigenvalue weighted by Gasteiger charge is 2.27. The van der Waals surface area contributed by atoms with Crippen LogP contribution in [-0.4, -0.2) is 16.2 Å². The zero-order valence-corrected chi connectivity index (χ0v) is 17.2. The van der Waals surface area contributed by atoms with Gasteiger partial charge < -0.3 is 5.11 Å². The monoisotopic (exact) mass is 367 g/mol. The van der Waals surface area contributed by atoms with Gasteiger partial charge in [0.1, 0.15) is 5.75 Å². The fraction of sp³-hybridized carbons (Fsp3) is 0.650. The molecular formula is C20H33NO3S. The highest BCUT2D eigenvalue weighted by molar-refractivity contribution is 7.80. The van der Waals surface area contributed by atoms with Gasteiger partial charge in [-0.05, 0) is 40.4 Å². The molecule has 0 radical (unpaired) electrons. The standard InChI is InChI=1S/C20H33NO3S/c1-19(2,3)14-11-13(12-15(18(14)23)20(4,5)6)16(25)9-7-8-10-17(22)21-24/h11-12,16,23-25H,7-10H2,1-6H3,(H,21,22). The Morgan fingerprint density at radius 2 is 1.56 bits per heavy atom. The molecule has 0 aliphatic carbocycles. The lowest BCUT2D eigenvalue weighted by Gasteiger charge is -2.29. The van der Waals surface area contributed by atoms with Gasteiger partial charge in [0.25, 0.3) is 0 Å². The fourth-order valence-electron chi connectivity index (χ4n) is 2.84. The number of phenolic OH excluding ortho intramolecular Hbond substituents is 1. The molecule has 1 unspecified atom stereocenters. The first kappa shape index (κ1) is 21.8. The van der Waals surface area contributed by atoms with Crippen molar-refractivity contribution >= 4 is 18.5 Å². The number of benzene rings is 1. The molecular weight excluding hydrogens is 334 g/mol. The van der Waals surface area contributed by atoms with Crippen molar-refractivity contribution in [2.45, 2.75) is 83.3 Å². The third-order valence-electron chi connectivity index (χ3n) is 4.39. The lowest BCUT2D eigenvalue weighted by Crippen LogP contribution is -2.18. The van der Waals surface area contributed by atoms with Crippen molar-refractivity contribution in [1.29, 1.82) is 0 Å². The maximum Gasteiger partial charge on any atom is 0.243 e. The first-order valence-electron chi connectivity index (χ1n) is 8.86. The molecule has 0 aliphatic rings. The number of thiol groups is 1. The number of carbonyl (C=O) groups excluding carboxylic acids is 1. The summed E-state index contributed by atoms with van der Waals surface area (Å²) in [5.41, 5.74) is 4.31. The molecule has 5 heteroatoms. The first-order chi connectivity index (χ1) is 11.4. The quantitative estimate of drug-likeness (QED) is 0.247. The molecule has 0 heterocycles. The zero-order valence-electron chi connectivity index (χ0n) is 16.3. The second-order valence-electron chi connectivity index (χ2n) is 8.76. The molecule has 1 aromatic carbocycles. The van der Waals surface area contributed by atoms with E-state index in [-0.39, 0.29) is 22.0 Å². The predicted molar refractivity (Wildman–Crippen MR) is 106 cm³/mol. The first-order valence-corrected chi connectivity index (χ1v) is 9.38. The van der Waals surface area contributed by atoms with Crippen LogP contribution in [0.25, 0.3) is 0 Å². The van der Waals surface area contributed by atoms with Gasteiger partial charge in [-0.15, -0.1) is 0 Å². The number of hydroxylamine groups is 1. The molecule has 142 valence electrons. The summed E-state index contributed by atoms with van der Waals surface area (Å²) >= 11 is 4.76. The average Bonchev–Trinajstić information content (AvgIpc) is 2.48. The number of nitrogens with one attached hydrogen (secondary N) is 1. The summed E-state index contributed by atoms with van der Waals surface area (Å²) in [5.74, 6) is 0.0225. The van der Waals surface area contributed by atoms with E-state index in [0.29, 0.717) is 18.6 Å². The van der Waals surface area contributed by atoms with Crippen LogP contribution in [0, 0.1) is 0 Å². The lowest BCUT2D eigenvalue weighted by atomic mass is 9.78. The van der Waals surface area contributed by atoms with Crippen LogP contribution in [0.15, 0.2) is 12.1 Å². The third kappa shape index (κ3) is 6.23. The van der Waals surface area contributed by atoms with Gasteiger partial charge in [-0.25, -0.2) is 5.48 Å².